The maximum atomic E-state index is 9.06. The van der Waals surface area contributed by atoms with Gasteiger partial charge >= 0.3 is 0 Å². The second-order valence-electron chi connectivity index (χ2n) is 5.73. The highest BCUT2D eigenvalue weighted by Crippen LogP contribution is 2.15. The van der Waals surface area contributed by atoms with Crippen LogP contribution < -0.4 is 5.73 Å². The molecular weight excluding hydrogens is 224 g/mol. The number of nitrogens with two attached hydrogens (primary N) is 1. The van der Waals surface area contributed by atoms with Crippen molar-refractivity contribution < 1.29 is 0 Å². The van der Waals surface area contributed by atoms with E-state index in [-0.39, 0.29) is 0 Å². The summed E-state index contributed by atoms with van der Waals surface area (Å²) < 4.78 is 0. The second kappa shape index (κ2) is 7.08. The van der Waals surface area contributed by atoms with E-state index in [4.69, 9.17) is 11.0 Å². The van der Waals surface area contributed by atoms with E-state index in [2.05, 4.69) is 29.8 Å². The third-order valence-corrected chi connectivity index (χ3v) is 4.11. The third kappa shape index (κ3) is 4.56. The van der Waals surface area contributed by atoms with E-state index in [1.165, 1.54) is 19.5 Å². The van der Waals surface area contributed by atoms with Gasteiger partial charge in [-0.1, -0.05) is 6.92 Å². The summed E-state index contributed by atoms with van der Waals surface area (Å²) in [4.78, 5) is 4.94. The molecule has 18 heavy (non-hydrogen) atoms. The second-order valence-corrected chi connectivity index (χ2v) is 5.73. The van der Waals surface area contributed by atoms with Crippen molar-refractivity contribution in [3.63, 3.8) is 0 Å². The predicted molar refractivity (Wildman–Crippen MR) is 75.2 cm³/mol. The van der Waals surface area contributed by atoms with Gasteiger partial charge in [-0.15, -0.1) is 0 Å². The number of hydrogen-bond donors (Lipinski definition) is 1. The summed E-state index contributed by atoms with van der Waals surface area (Å²) in [6.07, 6.45) is 3.80. The lowest BCUT2D eigenvalue weighted by Crippen LogP contribution is -2.41. The molecule has 0 spiro atoms. The minimum Gasteiger partial charge on any atom is -0.313 e. The highest BCUT2D eigenvalue weighted by atomic mass is 15.2. The fourth-order valence-electron chi connectivity index (χ4n) is 2.66. The highest BCUT2D eigenvalue weighted by molar-refractivity contribution is 5.03. The van der Waals surface area contributed by atoms with Crippen molar-refractivity contribution in [3.8, 4) is 6.07 Å². The first-order chi connectivity index (χ1) is 8.50. The predicted octanol–water partition coefficient (Wildman–Crippen LogP) is 1.42. The summed E-state index contributed by atoms with van der Waals surface area (Å²) in [7, 11) is 2.19. The molecule has 1 fully saturated rings. The molecular formula is C14H28N4. The molecule has 4 heteroatoms. The molecule has 0 saturated carbocycles. The van der Waals surface area contributed by atoms with Crippen LogP contribution in [0.1, 0.15) is 39.5 Å². The van der Waals surface area contributed by atoms with E-state index < -0.39 is 5.54 Å². The van der Waals surface area contributed by atoms with Crippen molar-refractivity contribution in [2.45, 2.75) is 51.1 Å². The summed E-state index contributed by atoms with van der Waals surface area (Å²) in [6.45, 7) is 8.85. The molecule has 0 aromatic heterocycles. The highest BCUT2D eigenvalue weighted by Gasteiger charge is 2.23. The Balaban J connectivity index is 2.36. The SMILES string of the molecule is CCC(N)(C#N)CCCN1CCCN(C)CC1C. The zero-order valence-corrected chi connectivity index (χ0v) is 12.2. The molecule has 4 nitrogen and oxygen atoms in total. The lowest BCUT2D eigenvalue weighted by molar-refractivity contribution is 0.195. The first-order valence-corrected chi connectivity index (χ1v) is 7.13. The van der Waals surface area contributed by atoms with Crippen LogP contribution in [-0.4, -0.2) is 54.6 Å². The maximum absolute atomic E-state index is 9.06. The Morgan fingerprint density at radius 2 is 2.17 bits per heavy atom. The molecule has 1 aliphatic heterocycles. The van der Waals surface area contributed by atoms with E-state index in [9.17, 15) is 0 Å². The average Bonchev–Trinajstić information content (AvgIpc) is 2.51. The van der Waals surface area contributed by atoms with Gasteiger partial charge in [0.15, 0.2) is 0 Å². The topological polar surface area (TPSA) is 56.3 Å². The van der Waals surface area contributed by atoms with Crippen LogP contribution in [-0.2, 0) is 0 Å². The normalized spacial score (nSPS) is 26.3. The Morgan fingerprint density at radius 3 is 2.78 bits per heavy atom. The van der Waals surface area contributed by atoms with Gasteiger partial charge in [0.2, 0.25) is 0 Å². The molecule has 1 aliphatic rings. The van der Waals surface area contributed by atoms with Crippen LogP contribution in [0.25, 0.3) is 0 Å². The summed E-state index contributed by atoms with van der Waals surface area (Å²) in [5.74, 6) is 0. The first kappa shape index (κ1) is 15.4. The molecule has 2 N–H and O–H groups in total. The van der Waals surface area contributed by atoms with Gasteiger partial charge in [0, 0.05) is 12.6 Å². The molecule has 0 aliphatic carbocycles. The molecule has 0 bridgehead atoms. The molecule has 2 unspecified atom stereocenters. The van der Waals surface area contributed by atoms with Gasteiger partial charge in [0.1, 0.15) is 5.54 Å². The molecule has 104 valence electrons. The largest absolute Gasteiger partial charge is 0.313 e. The van der Waals surface area contributed by atoms with Crippen molar-refractivity contribution in [2.24, 2.45) is 5.73 Å². The summed E-state index contributed by atoms with van der Waals surface area (Å²) in [5, 5.41) is 9.06. The van der Waals surface area contributed by atoms with Crippen LogP contribution in [0, 0.1) is 11.3 Å². The number of nitrogens with zero attached hydrogens (tertiary/aromatic N) is 3. The van der Waals surface area contributed by atoms with Gasteiger partial charge in [0.25, 0.3) is 0 Å². The van der Waals surface area contributed by atoms with Crippen molar-refractivity contribution in [2.75, 3.05) is 33.2 Å². The van der Waals surface area contributed by atoms with Crippen molar-refractivity contribution in [1.82, 2.24) is 9.80 Å². The molecule has 1 rings (SSSR count). The molecule has 0 radical (unpaired) electrons. The third-order valence-electron chi connectivity index (χ3n) is 4.11. The van der Waals surface area contributed by atoms with Gasteiger partial charge in [-0.25, -0.2) is 0 Å². The van der Waals surface area contributed by atoms with Crippen LogP contribution in [0.15, 0.2) is 0 Å². The summed E-state index contributed by atoms with van der Waals surface area (Å²) in [6, 6.07) is 2.85. The Hall–Kier alpha value is -0.630. The lowest BCUT2D eigenvalue weighted by atomic mass is 9.93. The molecule has 0 aromatic carbocycles. The zero-order valence-electron chi connectivity index (χ0n) is 12.2. The van der Waals surface area contributed by atoms with Crippen LogP contribution in [0.5, 0.6) is 0 Å². The minimum atomic E-state index is -0.619. The Bertz CT molecular complexity index is 286. The van der Waals surface area contributed by atoms with Gasteiger partial charge in [-0.3, -0.25) is 4.90 Å². The number of likely N-dealkylation sites (N-methyl/N-ethyl adjacent to an activating group) is 1. The zero-order chi connectivity index (χ0) is 13.6. The van der Waals surface area contributed by atoms with Gasteiger partial charge in [0.05, 0.1) is 6.07 Å². The van der Waals surface area contributed by atoms with E-state index in [1.807, 2.05) is 6.92 Å². The Labute approximate surface area is 112 Å². The average molecular weight is 252 g/mol. The molecule has 2 atom stereocenters. The van der Waals surface area contributed by atoms with Crippen LogP contribution in [0.3, 0.4) is 0 Å². The molecule has 0 aromatic rings. The first-order valence-electron chi connectivity index (χ1n) is 7.13. The standard InChI is InChI=1S/C14H28N4/c1-4-14(16,12-15)7-5-9-18-10-6-8-17(3)11-13(18)2/h13H,4-11,16H2,1-3H3. The van der Waals surface area contributed by atoms with Crippen LogP contribution in [0.4, 0.5) is 0 Å². The number of hydrogen-bond acceptors (Lipinski definition) is 4. The van der Waals surface area contributed by atoms with Gasteiger partial charge in [-0.05, 0) is 59.3 Å². The van der Waals surface area contributed by atoms with Gasteiger partial charge in [-0.2, -0.15) is 5.26 Å². The Morgan fingerprint density at radius 1 is 1.44 bits per heavy atom. The van der Waals surface area contributed by atoms with E-state index in [0.717, 1.165) is 32.4 Å². The van der Waals surface area contributed by atoms with E-state index >= 15 is 0 Å². The minimum absolute atomic E-state index is 0.605. The summed E-state index contributed by atoms with van der Waals surface area (Å²) in [5.41, 5.74) is 5.39. The van der Waals surface area contributed by atoms with Crippen LogP contribution in [0.2, 0.25) is 0 Å². The quantitative estimate of drug-likeness (QED) is 0.804. The fourth-order valence-corrected chi connectivity index (χ4v) is 2.66. The number of nitriles is 1. The molecule has 1 heterocycles. The fraction of sp³-hybridized carbons (Fsp3) is 0.929. The van der Waals surface area contributed by atoms with Crippen molar-refractivity contribution >= 4 is 0 Å². The molecule has 1 saturated heterocycles. The monoisotopic (exact) mass is 252 g/mol. The maximum Gasteiger partial charge on any atom is 0.104 e. The van der Waals surface area contributed by atoms with Crippen molar-refractivity contribution in [3.05, 3.63) is 0 Å². The van der Waals surface area contributed by atoms with E-state index in [1.54, 1.807) is 0 Å². The van der Waals surface area contributed by atoms with E-state index in [0.29, 0.717) is 6.04 Å². The lowest BCUT2D eigenvalue weighted by Gasteiger charge is -2.29. The molecule has 0 amide bonds. The smallest absolute Gasteiger partial charge is 0.104 e. The summed E-state index contributed by atoms with van der Waals surface area (Å²) >= 11 is 0. The number of rotatable bonds is 5. The Kier molecular flexibility index (Phi) is 6.07. The van der Waals surface area contributed by atoms with Gasteiger partial charge < -0.3 is 10.6 Å². The van der Waals surface area contributed by atoms with Crippen LogP contribution >= 0.6 is 0 Å². The van der Waals surface area contributed by atoms with Crippen molar-refractivity contribution in [1.29, 1.82) is 5.26 Å².